The number of anilines is 1. The van der Waals surface area contributed by atoms with Crippen LogP contribution in [0, 0.1) is 0 Å². The van der Waals surface area contributed by atoms with Gasteiger partial charge in [0.05, 0.1) is 6.61 Å². The molecule has 0 atom stereocenters. The number of hydrogen-bond donors (Lipinski definition) is 3. The predicted molar refractivity (Wildman–Crippen MR) is 52.8 cm³/mol. The first kappa shape index (κ1) is 9.51. The van der Waals surface area contributed by atoms with Gasteiger partial charge in [0.25, 0.3) is 0 Å². The van der Waals surface area contributed by atoms with Crippen LogP contribution < -0.4 is 10.2 Å². The number of thiol groups is 1. The van der Waals surface area contributed by atoms with Crippen molar-refractivity contribution in [1.82, 2.24) is 0 Å². The highest BCUT2D eigenvalue weighted by atomic mass is 32.2. The highest BCUT2D eigenvalue weighted by molar-refractivity contribution is 7.73. The molecule has 1 aliphatic rings. The molecule has 14 heavy (non-hydrogen) atoms. The molecule has 0 amide bonds. The Bertz CT molecular complexity index is 426. The highest BCUT2D eigenvalue weighted by Crippen LogP contribution is 2.14. The van der Waals surface area contributed by atoms with Gasteiger partial charge < -0.3 is 9.68 Å². The van der Waals surface area contributed by atoms with Gasteiger partial charge in [-0.05, 0) is 23.2 Å². The van der Waals surface area contributed by atoms with Gasteiger partial charge >= 0.3 is 7.12 Å². The molecule has 1 aromatic rings. The first-order chi connectivity index (χ1) is 6.66. The van der Waals surface area contributed by atoms with E-state index in [2.05, 4.69) is 4.72 Å². The van der Waals surface area contributed by atoms with Crippen molar-refractivity contribution < 1.29 is 18.1 Å². The van der Waals surface area contributed by atoms with E-state index >= 15 is 0 Å². The van der Waals surface area contributed by atoms with Gasteiger partial charge in [-0.3, -0.25) is 4.72 Å². The van der Waals surface area contributed by atoms with Crippen LogP contribution in [0.4, 0.5) is 5.69 Å². The van der Waals surface area contributed by atoms with Crippen LogP contribution in [0.1, 0.15) is 5.56 Å². The van der Waals surface area contributed by atoms with Crippen LogP contribution in [0.25, 0.3) is 0 Å². The van der Waals surface area contributed by atoms with Crippen LogP contribution in [-0.4, -0.2) is 20.6 Å². The van der Waals surface area contributed by atoms with E-state index in [0.717, 1.165) is 5.56 Å². The van der Waals surface area contributed by atoms with Crippen molar-refractivity contribution in [3.63, 3.8) is 0 Å². The van der Waals surface area contributed by atoms with Gasteiger partial charge in [-0.2, -0.15) is 0 Å². The Labute approximate surface area is 82.9 Å². The molecule has 0 saturated heterocycles. The molecular weight excluding hydrogens is 205 g/mol. The van der Waals surface area contributed by atoms with Crippen molar-refractivity contribution in [2.24, 2.45) is 0 Å². The predicted octanol–water partition coefficient (Wildman–Crippen LogP) is -1.16. The summed E-state index contributed by atoms with van der Waals surface area (Å²) >= 11 is 0. The Morgan fingerprint density at radius 1 is 1.50 bits per heavy atom. The summed E-state index contributed by atoms with van der Waals surface area (Å²) in [5.74, 6) is 0. The maximum Gasteiger partial charge on any atom is 0.491 e. The third-order valence-corrected chi connectivity index (χ3v) is 2.47. The number of nitrogens with one attached hydrogen (secondary N) is 1. The summed E-state index contributed by atoms with van der Waals surface area (Å²) in [5.41, 5.74) is 1.93. The van der Waals surface area contributed by atoms with Crippen LogP contribution in [-0.2, 0) is 22.2 Å². The van der Waals surface area contributed by atoms with E-state index in [1.807, 2.05) is 0 Å². The fraction of sp³-hybridized carbons (Fsp3) is 0.143. The second kappa shape index (κ2) is 3.60. The van der Waals surface area contributed by atoms with Gasteiger partial charge in [0.2, 0.25) is 10.9 Å². The molecule has 0 radical (unpaired) electrons. The lowest BCUT2D eigenvalue weighted by Gasteiger charge is -2.02. The summed E-state index contributed by atoms with van der Waals surface area (Å²) in [4.78, 5) is 0. The first-order valence-corrected chi connectivity index (χ1v) is 5.18. The Morgan fingerprint density at radius 3 is 3.00 bits per heavy atom. The van der Waals surface area contributed by atoms with Crippen molar-refractivity contribution in [3.05, 3.63) is 23.8 Å². The Morgan fingerprint density at radius 2 is 2.29 bits per heavy atom. The number of benzene rings is 1. The van der Waals surface area contributed by atoms with E-state index in [9.17, 15) is 13.4 Å². The van der Waals surface area contributed by atoms with E-state index in [1.165, 1.54) is 0 Å². The lowest BCUT2D eigenvalue weighted by atomic mass is 9.79. The first-order valence-electron chi connectivity index (χ1n) is 4.00. The molecule has 0 aliphatic carbocycles. The van der Waals surface area contributed by atoms with E-state index in [4.69, 9.17) is 4.65 Å². The van der Waals surface area contributed by atoms with Gasteiger partial charge in [-0.15, -0.1) is 0 Å². The van der Waals surface area contributed by atoms with Gasteiger partial charge in [0.15, 0.2) is 0 Å². The SMILES string of the molecule is O=[SH](=O)Nc1ccc2c(c1)B(O)OC2. The quantitative estimate of drug-likeness (QED) is 0.428. The maximum atomic E-state index is 10.4. The topological polar surface area (TPSA) is 75.6 Å². The minimum Gasteiger partial charge on any atom is -0.423 e. The van der Waals surface area contributed by atoms with Crippen molar-refractivity contribution in [2.45, 2.75) is 6.61 Å². The standard InChI is InChI=1S/C7H8BNO4S/c10-8-7-3-6(9-14(11)12)2-1-5(7)4-13-8/h1-3,10,14H,4H2,(H,9,11,12). The summed E-state index contributed by atoms with van der Waals surface area (Å²) in [6, 6.07) is 4.93. The molecule has 0 spiro atoms. The highest BCUT2D eigenvalue weighted by Gasteiger charge is 2.27. The van der Waals surface area contributed by atoms with Gasteiger partial charge in [0.1, 0.15) is 0 Å². The summed E-state index contributed by atoms with van der Waals surface area (Å²) in [6.45, 7) is 0.361. The molecule has 0 unspecified atom stereocenters. The van der Waals surface area contributed by atoms with Gasteiger partial charge in [-0.1, -0.05) is 6.07 Å². The zero-order valence-corrected chi connectivity index (χ0v) is 8.03. The lowest BCUT2D eigenvalue weighted by molar-refractivity contribution is 0.275. The molecule has 0 bridgehead atoms. The van der Waals surface area contributed by atoms with E-state index in [-0.39, 0.29) is 0 Å². The number of fused-ring (bicyclic) bond motifs is 1. The molecule has 0 fully saturated rings. The second-order valence-corrected chi connectivity index (χ2v) is 3.68. The summed E-state index contributed by atoms with van der Waals surface area (Å²) in [5, 5.41) is 9.34. The van der Waals surface area contributed by atoms with E-state index in [1.54, 1.807) is 18.2 Å². The van der Waals surface area contributed by atoms with Crippen molar-refractivity contribution >= 4 is 29.2 Å². The Hall–Kier alpha value is -1.05. The average molecular weight is 213 g/mol. The molecule has 5 nitrogen and oxygen atoms in total. The smallest absolute Gasteiger partial charge is 0.423 e. The molecule has 0 saturated carbocycles. The van der Waals surface area contributed by atoms with E-state index < -0.39 is 18.0 Å². The third-order valence-electron chi connectivity index (χ3n) is 2.03. The zero-order chi connectivity index (χ0) is 10.1. The van der Waals surface area contributed by atoms with Crippen molar-refractivity contribution in [2.75, 3.05) is 4.72 Å². The van der Waals surface area contributed by atoms with Crippen molar-refractivity contribution in [3.8, 4) is 0 Å². The largest absolute Gasteiger partial charge is 0.491 e. The molecule has 2 rings (SSSR count). The minimum atomic E-state index is -2.67. The molecule has 74 valence electrons. The van der Waals surface area contributed by atoms with Gasteiger partial charge in [0, 0.05) is 5.69 Å². The summed E-state index contributed by atoms with van der Waals surface area (Å²) in [6.07, 6.45) is 0. The molecular formula is C7H8BNO4S. The summed E-state index contributed by atoms with van der Waals surface area (Å²) < 4.78 is 28.0. The number of hydrogen-bond acceptors (Lipinski definition) is 4. The number of rotatable bonds is 2. The van der Waals surface area contributed by atoms with Gasteiger partial charge in [-0.25, -0.2) is 8.42 Å². The summed E-state index contributed by atoms with van der Waals surface area (Å²) in [7, 11) is -3.62. The molecule has 0 aromatic heterocycles. The molecule has 2 N–H and O–H groups in total. The van der Waals surface area contributed by atoms with E-state index in [0.29, 0.717) is 17.8 Å². The average Bonchev–Trinajstić information content (AvgIpc) is 2.47. The fourth-order valence-electron chi connectivity index (χ4n) is 1.39. The molecule has 7 heteroatoms. The normalized spacial score (nSPS) is 14.6. The molecule has 1 aliphatic heterocycles. The fourth-order valence-corrected chi connectivity index (χ4v) is 1.74. The maximum absolute atomic E-state index is 10.4. The van der Waals surface area contributed by atoms with Crippen LogP contribution in [0.15, 0.2) is 18.2 Å². The Kier molecular flexibility index (Phi) is 2.45. The second-order valence-electron chi connectivity index (χ2n) is 2.95. The monoisotopic (exact) mass is 213 g/mol. The zero-order valence-electron chi connectivity index (χ0n) is 7.14. The van der Waals surface area contributed by atoms with Crippen LogP contribution in [0.3, 0.4) is 0 Å². The minimum absolute atomic E-state index is 0.361. The Balaban J connectivity index is 2.34. The third kappa shape index (κ3) is 1.74. The van der Waals surface area contributed by atoms with Crippen LogP contribution >= 0.6 is 0 Å². The lowest BCUT2D eigenvalue weighted by Crippen LogP contribution is -2.28. The van der Waals surface area contributed by atoms with Crippen LogP contribution in [0.2, 0.25) is 0 Å². The van der Waals surface area contributed by atoms with Crippen molar-refractivity contribution in [1.29, 1.82) is 0 Å². The molecule has 1 heterocycles. The van der Waals surface area contributed by atoms with Crippen LogP contribution in [0.5, 0.6) is 0 Å². The molecule has 1 aromatic carbocycles.